The van der Waals surface area contributed by atoms with E-state index in [0.29, 0.717) is 17.1 Å². The highest BCUT2D eigenvalue weighted by Crippen LogP contribution is 2.38. The first-order valence-corrected chi connectivity index (χ1v) is 10.1. The standard InChI is InChI=1S/C20H23N3O4S/c1-23(9-12-6-7-14-15(8-12)27-11-26-14)10-17(24)22-20-18(19(21)25)13-4-2-3-5-16(13)28-20/h6-8H,2-5,9-11H2,1H3,(H2,21,25)(H,22,24). The molecule has 8 heteroatoms. The zero-order valence-electron chi connectivity index (χ0n) is 15.7. The summed E-state index contributed by atoms with van der Waals surface area (Å²) in [5, 5.41) is 3.48. The zero-order chi connectivity index (χ0) is 19.7. The Morgan fingerprint density at radius 1 is 1.21 bits per heavy atom. The van der Waals surface area contributed by atoms with Crippen LogP contribution in [0.15, 0.2) is 18.2 Å². The number of rotatable bonds is 6. The topological polar surface area (TPSA) is 93.9 Å². The molecule has 2 heterocycles. The summed E-state index contributed by atoms with van der Waals surface area (Å²) in [5.41, 5.74) is 8.14. The van der Waals surface area contributed by atoms with Crippen LogP contribution in [-0.2, 0) is 24.2 Å². The predicted molar refractivity (Wildman–Crippen MR) is 107 cm³/mol. The van der Waals surface area contributed by atoms with Crippen LogP contribution in [0, 0.1) is 0 Å². The van der Waals surface area contributed by atoms with Gasteiger partial charge in [-0.1, -0.05) is 6.07 Å². The number of nitrogens with two attached hydrogens (primary N) is 1. The number of aryl methyl sites for hydroxylation is 1. The Balaban J connectivity index is 1.40. The molecule has 7 nitrogen and oxygen atoms in total. The minimum Gasteiger partial charge on any atom is -0.454 e. The number of hydrogen-bond acceptors (Lipinski definition) is 6. The molecule has 3 N–H and O–H groups in total. The van der Waals surface area contributed by atoms with Gasteiger partial charge >= 0.3 is 0 Å². The van der Waals surface area contributed by atoms with E-state index >= 15 is 0 Å². The number of carbonyl (C=O) groups is 2. The highest BCUT2D eigenvalue weighted by Gasteiger charge is 2.25. The van der Waals surface area contributed by atoms with Gasteiger partial charge in [0.1, 0.15) is 5.00 Å². The van der Waals surface area contributed by atoms with Crippen molar-refractivity contribution in [3.63, 3.8) is 0 Å². The molecule has 0 unspecified atom stereocenters. The maximum Gasteiger partial charge on any atom is 0.251 e. The lowest BCUT2D eigenvalue weighted by atomic mass is 9.95. The fraction of sp³-hybridized carbons (Fsp3) is 0.400. The van der Waals surface area contributed by atoms with Gasteiger partial charge in [-0.05, 0) is 56.0 Å². The second-order valence-corrected chi connectivity index (χ2v) is 8.29. The van der Waals surface area contributed by atoms with Crippen molar-refractivity contribution >= 4 is 28.2 Å². The van der Waals surface area contributed by atoms with Gasteiger partial charge in [0.15, 0.2) is 11.5 Å². The van der Waals surface area contributed by atoms with Gasteiger partial charge in [-0.25, -0.2) is 0 Å². The van der Waals surface area contributed by atoms with Gasteiger partial charge in [-0.2, -0.15) is 0 Å². The molecule has 0 saturated carbocycles. The van der Waals surface area contributed by atoms with Gasteiger partial charge in [0.2, 0.25) is 12.7 Å². The average molecular weight is 401 g/mol. The molecule has 148 valence electrons. The molecule has 0 fully saturated rings. The fourth-order valence-corrected chi connectivity index (χ4v) is 5.04. The van der Waals surface area contributed by atoms with Crippen LogP contribution in [-0.4, -0.2) is 37.1 Å². The molecule has 1 aromatic carbocycles. The minimum absolute atomic E-state index is 0.163. The molecular formula is C20H23N3O4S. The molecule has 2 aliphatic rings. The molecule has 2 amide bonds. The monoisotopic (exact) mass is 401 g/mol. The van der Waals surface area contributed by atoms with Crippen LogP contribution in [0.5, 0.6) is 11.5 Å². The number of hydrogen-bond donors (Lipinski definition) is 2. The Morgan fingerprint density at radius 2 is 2.00 bits per heavy atom. The summed E-state index contributed by atoms with van der Waals surface area (Å²) >= 11 is 1.48. The van der Waals surface area contributed by atoms with Crippen molar-refractivity contribution < 1.29 is 19.1 Å². The van der Waals surface area contributed by atoms with E-state index in [1.807, 2.05) is 30.1 Å². The number of benzene rings is 1. The average Bonchev–Trinajstić information content (AvgIpc) is 3.24. The summed E-state index contributed by atoms with van der Waals surface area (Å²) in [6.07, 6.45) is 3.96. The van der Waals surface area contributed by atoms with E-state index in [0.717, 1.165) is 48.3 Å². The van der Waals surface area contributed by atoms with Crippen LogP contribution in [0.1, 0.15) is 39.2 Å². The largest absolute Gasteiger partial charge is 0.454 e. The molecule has 2 aromatic rings. The molecule has 28 heavy (non-hydrogen) atoms. The van der Waals surface area contributed by atoms with E-state index in [1.54, 1.807) is 0 Å². The number of carbonyl (C=O) groups excluding carboxylic acids is 2. The normalized spacial score (nSPS) is 14.8. The molecular weight excluding hydrogens is 378 g/mol. The molecule has 0 radical (unpaired) electrons. The lowest BCUT2D eigenvalue weighted by Crippen LogP contribution is -2.30. The molecule has 0 spiro atoms. The van der Waals surface area contributed by atoms with Crippen molar-refractivity contribution in [2.24, 2.45) is 5.73 Å². The van der Waals surface area contributed by atoms with Crippen molar-refractivity contribution in [1.82, 2.24) is 4.90 Å². The maximum absolute atomic E-state index is 12.5. The smallest absolute Gasteiger partial charge is 0.251 e. The molecule has 4 rings (SSSR count). The number of amides is 2. The second kappa shape index (κ2) is 7.81. The van der Waals surface area contributed by atoms with Crippen molar-refractivity contribution in [3.05, 3.63) is 39.8 Å². The van der Waals surface area contributed by atoms with Crippen LogP contribution in [0.2, 0.25) is 0 Å². The number of fused-ring (bicyclic) bond motifs is 2. The summed E-state index contributed by atoms with van der Waals surface area (Å²) in [7, 11) is 1.87. The van der Waals surface area contributed by atoms with Crippen LogP contribution in [0.4, 0.5) is 5.00 Å². The van der Waals surface area contributed by atoms with Gasteiger partial charge in [-0.15, -0.1) is 11.3 Å². The molecule has 0 bridgehead atoms. The van der Waals surface area contributed by atoms with Gasteiger partial charge in [-0.3, -0.25) is 14.5 Å². The number of ether oxygens (including phenoxy) is 2. The number of thiophene rings is 1. The summed E-state index contributed by atoms with van der Waals surface area (Å²) in [5.74, 6) is 0.836. The quantitative estimate of drug-likeness (QED) is 0.776. The molecule has 0 atom stereocenters. The summed E-state index contributed by atoms with van der Waals surface area (Å²) in [6, 6.07) is 5.76. The number of nitrogens with one attached hydrogen (secondary N) is 1. The third-order valence-electron chi connectivity index (χ3n) is 4.97. The molecule has 1 aliphatic heterocycles. The Kier molecular flexibility index (Phi) is 5.23. The summed E-state index contributed by atoms with van der Waals surface area (Å²) in [4.78, 5) is 27.6. The summed E-state index contributed by atoms with van der Waals surface area (Å²) in [6.45, 7) is 1.03. The third-order valence-corrected chi connectivity index (χ3v) is 6.18. The SMILES string of the molecule is CN(CC(=O)Nc1sc2c(c1C(N)=O)CCCC2)Cc1ccc2c(c1)OCO2. The van der Waals surface area contributed by atoms with E-state index in [-0.39, 0.29) is 19.2 Å². The zero-order valence-corrected chi connectivity index (χ0v) is 16.6. The van der Waals surface area contributed by atoms with E-state index in [1.165, 1.54) is 16.2 Å². The van der Waals surface area contributed by atoms with Crippen molar-refractivity contribution in [3.8, 4) is 11.5 Å². The Bertz CT molecular complexity index is 924. The van der Waals surface area contributed by atoms with E-state index in [9.17, 15) is 9.59 Å². The Hall–Kier alpha value is -2.58. The van der Waals surface area contributed by atoms with Crippen LogP contribution in [0.3, 0.4) is 0 Å². The van der Waals surface area contributed by atoms with Gasteiger partial charge < -0.3 is 20.5 Å². The first kappa shape index (κ1) is 18.8. The van der Waals surface area contributed by atoms with Crippen LogP contribution < -0.4 is 20.5 Å². The number of nitrogens with zero attached hydrogens (tertiary/aromatic N) is 1. The van der Waals surface area contributed by atoms with E-state index < -0.39 is 5.91 Å². The molecule has 1 aromatic heterocycles. The van der Waals surface area contributed by atoms with Crippen LogP contribution in [0.25, 0.3) is 0 Å². The first-order chi connectivity index (χ1) is 13.5. The molecule has 1 aliphatic carbocycles. The second-order valence-electron chi connectivity index (χ2n) is 7.19. The lowest BCUT2D eigenvalue weighted by molar-refractivity contribution is -0.117. The van der Waals surface area contributed by atoms with Gasteiger partial charge in [0.25, 0.3) is 5.91 Å². The number of likely N-dealkylation sites (N-methyl/N-ethyl adjacent to an activating group) is 1. The van der Waals surface area contributed by atoms with Crippen molar-refractivity contribution in [1.29, 1.82) is 0 Å². The fourth-order valence-electron chi connectivity index (χ4n) is 3.73. The molecule has 0 saturated heterocycles. The van der Waals surface area contributed by atoms with E-state index in [4.69, 9.17) is 15.2 Å². The van der Waals surface area contributed by atoms with Crippen LogP contribution >= 0.6 is 11.3 Å². The van der Waals surface area contributed by atoms with Gasteiger partial charge in [0, 0.05) is 11.4 Å². The Labute approximate surface area is 167 Å². The van der Waals surface area contributed by atoms with Gasteiger partial charge in [0.05, 0.1) is 12.1 Å². The number of primary amides is 1. The summed E-state index contributed by atoms with van der Waals surface area (Å²) < 4.78 is 10.7. The first-order valence-electron chi connectivity index (χ1n) is 9.32. The van der Waals surface area contributed by atoms with Crippen molar-refractivity contribution in [2.75, 3.05) is 25.7 Å². The Morgan fingerprint density at radius 3 is 2.82 bits per heavy atom. The highest BCUT2D eigenvalue weighted by atomic mass is 32.1. The number of anilines is 1. The van der Waals surface area contributed by atoms with Crippen molar-refractivity contribution in [2.45, 2.75) is 32.2 Å². The van der Waals surface area contributed by atoms with E-state index in [2.05, 4.69) is 5.32 Å². The predicted octanol–water partition coefficient (Wildman–Crippen LogP) is 2.53. The third kappa shape index (κ3) is 3.83. The lowest BCUT2D eigenvalue weighted by Gasteiger charge is -2.16. The minimum atomic E-state index is -0.469. The maximum atomic E-state index is 12.5. The highest BCUT2D eigenvalue weighted by molar-refractivity contribution is 7.17.